The average Bonchev–Trinajstić information content (AvgIpc) is 2.22. The lowest BCUT2D eigenvalue weighted by Crippen LogP contribution is -2.35. The van der Waals surface area contributed by atoms with Crippen molar-refractivity contribution in [2.24, 2.45) is 5.73 Å². The lowest BCUT2D eigenvalue weighted by atomic mass is 10.1. The van der Waals surface area contributed by atoms with Gasteiger partial charge in [0.05, 0.1) is 11.7 Å². The normalized spacial score (nSPS) is 12.2. The Morgan fingerprint density at radius 2 is 2.31 bits per heavy atom. The predicted octanol–water partition coefficient (Wildman–Crippen LogP) is 3.01. The molecule has 0 aliphatic rings. The molecule has 1 amide bonds. The van der Waals surface area contributed by atoms with Crippen molar-refractivity contribution >= 4 is 45.8 Å². The van der Waals surface area contributed by atoms with Crippen molar-refractivity contribution in [1.29, 1.82) is 0 Å². The van der Waals surface area contributed by atoms with Crippen molar-refractivity contribution in [2.45, 2.75) is 25.8 Å². The van der Waals surface area contributed by atoms with Gasteiger partial charge in [-0.2, -0.15) is 0 Å². The van der Waals surface area contributed by atoms with Gasteiger partial charge in [-0.15, -0.1) is 0 Å². The van der Waals surface area contributed by atoms with Crippen LogP contribution < -0.4 is 11.1 Å². The highest BCUT2D eigenvalue weighted by atomic mass is 127. The van der Waals surface area contributed by atoms with E-state index in [1.807, 2.05) is 6.92 Å². The molecule has 3 N–H and O–H groups in total. The molecule has 0 fully saturated rings. The van der Waals surface area contributed by atoms with E-state index in [9.17, 15) is 4.79 Å². The first-order valence-corrected chi connectivity index (χ1v) is 6.51. The second-order valence-electron chi connectivity index (χ2n) is 3.51. The highest BCUT2D eigenvalue weighted by Gasteiger charge is 2.13. The Bertz CT molecular complexity index is 384. The minimum atomic E-state index is -0.448. The number of rotatable bonds is 4. The first-order valence-electron chi connectivity index (χ1n) is 5.06. The van der Waals surface area contributed by atoms with Crippen LogP contribution in [0.5, 0.6) is 0 Å². The molecule has 1 atom stereocenters. The molecule has 0 saturated heterocycles. The van der Waals surface area contributed by atoms with Crippen molar-refractivity contribution in [2.75, 3.05) is 5.32 Å². The van der Waals surface area contributed by atoms with Crippen LogP contribution >= 0.6 is 34.2 Å². The summed E-state index contributed by atoms with van der Waals surface area (Å²) in [7, 11) is 0. The van der Waals surface area contributed by atoms with Crippen molar-refractivity contribution in [3.05, 3.63) is 26.8 Å². The van der Waals surface area contributed by atoms with Gasteiger partial charge in [-0.1, -0.05) is 24.9 Å². The fraction of sp³-hybridized carbons (Fsp3) is 0.364. The van der Waals surface area contributed by atoms with Crippen molar-refractivity contribution < 1.29 is 4.79 Å². The Morgan fingerprint density at radius 1 is 1.62 bits per heavy atom. The highest BCUT2D eigenvalue weighted by Crippen LogP contribution is 2.22. The van der Waals surface area contributed by atoms with Crippen molar-refractivity contribution in [1.82, 2.24) is 0 Å². The molecule has 0 aliphatic heterocycles. The third-order valence-electron chi connectivity index (χ3n) is 2.13. The van der Waals surface area contributed by atoms with E-state index in [-0.39, 0.29) is 5.91 Å². The van der Waals surface area contributed by atoms with Crippen LogP contribution in [0.4, 0.5) is 5.69 Å². The van der Waals surface area contributed by atoms with Crippen LogP contribution in [0, 0.1) is 3.57 Å². The van der Waals surface area contributed by atoms with E-state index in [1.54, 1.807) is 18.2 Å². The summed E-state index contributed by atoms with van der Waals surface area (Å²) >= 11 is 7.95. The Morgan fingerprint density at radius 3 is 2.88 bits per heavy atom. The second-order valence-corrected chi connectivity index (χ2v) is 5.11. The summed E-state index contributed by atoms with van der Waals surface area (Å²) < 4.78 is 0.905. The summed E-state index contributed by atoms with van der Waals surface area (Å²) in [6.07, 6.45) is 1.59. The van der Waals surface area contributed by atoms with Crippen LogP contribution in [0.2, 0.25) is 5.02 Å². The molecule has 1 aromatic carbocycles. The van der Waals surface area contributed by atoms with Crippen LogP contribution in [0.25, 0.3) is 0 Å². The summed E-state index contributed by atoms with van der Waals surface area (Å²) in [5.41, 5.74) is 6.47. The number of nitrogens with one attached hydrogen (secondary N) is 1. The quantitative estimate of drug-likeness (QED) is 0.819. The Labute approximate surface area is 114 Å². The summed E-state index contributed by atoms with van der Waals surface area (Å²) in [6, 6.07) is 4.87. The maximum absolute atomic E-state index is 11.7. The molecule has 0 unspecified atom stereocenters. The molecule has 0 heterocycles. The van der Waals surface area contributed by atoms with Gasteiger partial charge in [0.1, 0.15) is 0 Å². The van der Waals surface area contributed by atoms with Gasteiger partial charge in [-0.25, -0.2) is 0 Å². The topological polar surface area (TPSA) is 55.1 Å². The van der Waals surface area contributed by atoms with E-state index in [1.165, 1.54) is 0 Å². The largest absolute Gasteiger partial charge is 0.324 e. The zero-order valence-corrected chi connectivity index (χ0v) is 11.9. The Hall–Kier alpha value is -0.330. The van der Waals surface area contributed by atoms with Crippen molar-refractivity contribution in [3.63, 3.8) is 0 Å². The zero-order chi connectivity index (χ0) is 12.1. The minimum absolute atomic E-state index is 0.151. The lowest BCUT2D eigenvalue weighted by molar-refractivity contribution is -0.117. The van der Waals surface area contributed by atoms with Crippen LogP contribution in [-0.4, -0.2) is 11.9 Å². The maximum atomic E-state index is 11.7. The number of carbonyl (C=O) groups excluding carboxylic acids is 1. The fourth-order valence-corrected chi connectivity index (χ4v) is 2.26. The number of hydrogen-bond donors (Lipinski definition) is 2. The third kappa shape index (κ3) is 3.92. The standard InChI is InChI=1S/C11H14ClIN2O/c1-2-3-9(14)11(16)15-10-5-4-7(12)6-8(10)13/h4-6,9H,2-3,14H2,1H3,(H,15,16)/t9-/m1/s1. The second kappa shape index (κ2) is 6.42. The molecule has 0 saturated carbocycles. The van der Waals surface area contributed by atoms with Crippen LogP contribution in [0.1, 0.15) is 19.8 Å². The molecule has 3 nitrogen and oxygen atoms in total. The monoisotopic (exact) mass is 352 g/mol. The Kier molecular flexibility index (Phi) is 5.51. The number of amides is 1. The maximum Gasteiger partial charge on any atom is 0.241 e. The van der Waals surface area contributed by atoms with Gasteiger partial charge in [-0.3, -0.25) is 4.79 Å². The molecule has 1 aromatic rings. The molecular weight excluding hydrogens is 338 g/mol. The van der Waals surface area contributed by atoms with E-state index in [0.717, 1.165) is 15.7 Å². The molecule has 0 spiro atoms. The van der Waals surface area contributed by atoms with Crippen LogP contribution in [0.15, 0.2) is 18.2 Å². The number of carbonyl (C=O) groups is 1. The summed E-state index contributed by atoms with van der Waals surface area (Å²) in [6.45, 7) is 2.00. The van der Waals surface area contributed by atoms with Gasteiger partial charge in [-0.05, 0) is 47.2 Å². The average molecular weight is 353 g/mol. The smallest absolute Gasteiger partial charge is 0.241 e. The van der Waals surface area contributed by atoms with Gasteiger partial charge in [0, 0.05) is 8.59 Å². The molecule has 1 rings (SSSR count). The van der Waals surface area contributed by atoms with Crippen LogP contribution in [0.3, 0.4) is 0 Å². The molecule has 0 radical (unpaired) electrons. The zero-order valence-electron chi connectivity index (χ0n) is 8.97. The van der Waals surface area contributed by atoms with Gasteiger partial charge in [0.15, 0.2) is 0 Å². The molecule has 0 aliphatic carbocycles. The summed E-state index contributed by atoms with van der Waals surface area (Å²) in [4.78, 5) is 11.7. The highest BCUT2D eigenvalue weighted by molar-refractivity contribution is 14.1. The SMILES string of the molecule is CCC[C@@H](N)C(=O)Nc1ccc(Cl)cc1I. The summed E-state index contributed by atoms with van der Waals surface area (Å²) in [5.74, 6) is -0.151. The van der Waals surface area contributed by atoms with Crippen LogP contribution in [-0.2, 0) is 4.79 Å². The first-order chi connectivity index (χ1) is 7.54. The minimum Gasteiger partial charge on any atom is -0.324 e. The lowest BCUT2D eigenvalue weighted by Gasteiger charge is -2.12. The van der Waals surface area contributed by atoms with Crippen molar-refractivity contribution in [3.8, 4) is 0 Å². The van der Waals surface area contributed by atoms with E-state index in [2.05, 4.69) is 27.9 Å². The third-order valence-corrected chi connectivity index (χ3v) is 3.25. The molecule has 88 valence electrons. The fourth-order valence-electron chi connectivity index (χ4n) is 1.26. The van der Waals surface area contributed by atoms with Gasteiger partial charge in [0.25, 0.3) is 0 Å². The molecule has 0 aromatic heterocycles. The number of benzene rings is 1. The number of hydrogen-bond acceptors (Lipinski definition) is 2. The van der Waals surface area contributed by atoms with Gasteiger partial charge < -0.3 is 11.1 Å². The number of halogens is 2. The molecular formula is C11H14ClIN2O. The molecule has 0 bridgehead atoms. The van der Waals surface area contributed by atoms with E-state index in [4.69, 9.17) is 17.3 Å². The number of nitrogens with two attached hydrogens (primary N) is 1. The van der Waals surface area contributed by atoms with E-state index in [0.29, 0.717) is 11.4 Å². The summed E-state index contributed by atoms with van der Waals surface area (Å²) in [5, 5.41) is 3.44. The van der Waals surface area contributed by atoms with E-state index >= 15 is 0 Å². The first kappa shape index (κ1) is 13.7. The number of anilines is 1. The van der Waals surface area contributed by atoms with Gasteiger partial charge in [0.2, 0.25) is 5.91 Å². The molecule has 16 heavy (non-hydrogen) atoms. The Balaban J connectivity index is 2.69. The van der Waals surface area contributed by atoms with E-state index < -0.39 is 6.04 Å². The predicted molar refractivity (Wildman–Crippen MR) is 75.7 cm³/mol. The molecule has 5 heteroatoms. The van der Waals surface area contributed by atoms with Gasteiger partial charge >= 0.3 is 0 Å².